The van der Waals surface area contributed by atoms with Gasteiger partial charge in [-0.25, -0.2) is 4.79 Å². The van der Waals surface area contributed by atoms with Crippen LogP contribution in [0.5, 0.6) is 0 Å². The molecule has 0 unspecified atom stereocenters. The highest BCUT2D eigenvalue weighted by Gasteiger charge is 2.13. The van der Waals surface area contributed by atoms with E-state index in [2.05, 4.69) is 0 Å². The molecule has 88 valence electrons. The molecule has 5 heteroatoms. The minimum atomic E-state index is -0.259. The molecule has 2 rings (SSSR count). The van der Waals surface area contributed by atoms with Crippen LogP contribution in [-0.2, 0) is 0 Å². The summed E-state index contributed by atoms with van der Waals surface area (Å²) in [6.45, 7) is 0. The zero-order chi connectivity index (χ0) is 12.6. The van der Waals surface area contributed by atoms with Gasteiger partial charge in [0.15, 0.2) is 0 Å². The summed E-state index contributed by atoms with van der Waals surface area (Å²) in [5.74, 6) is 0. The number of halogens is 1. The summed E-state index contributed by atoms with van der Waals surface area (Å²) < 4.78 is 1.37. The molecule has 0 saturated carbocycles. The number of para-hydroxylation sites is 1. The van der Waals surface area contributed by atoms with E-state index in [1.165, 1.54) is 15.7 Å². The molecule has 0 N–H and O–H groups in total. The molecular formula is C12H11ClN2O2. The van der Waals surface area contributed by atoms with Crippen LogP contribution in [0.1, 0.15) is 0 Å². The van der Waals surface area contributed by atoms with Gasteiger partial charge in [-0.3, -0.25) is 9.36 Å². The molecule has 0 spiro atoms. The molecule has 1 heterocycles. The predicted molar refractivity (Wildman–Crippen MR) is 67.7 cm³/mol. The Morgan fingerprint density at radius 1 is 1.29 bits per heavy atom. The van der Waals surface area contributed by atoms with Crippen LogP contribution >= 0.6 is 11.6 Å². The predicted octanol–water partition coefficient (Wildman–Crippen LogP) is 2.18. The zero-order valence-corrected chi connectivity index (χ0v) is 10.2. The number of aromatic nitrogens is 1. The normalized spacial score (nSPS) is 10.5. The van der Waals surface area contributed by atoms with Gasteiger partial charge in [-0.1, -0.05) is 23.7 Å². The quantitative estimate of drug-likeness (QED) is 0.719. The maximum Gasteiger partial charge on any atom is 0.328 e. The second kappa shape index (κ2) is 4.22. The lowest BCUT2D eigenvalue weighted by Crippen LogP contribution is -2.28. The van der Waals surface area contributed by atoms with Gasteiger partial charge in [0.05, 0.1) is 5.52 Å². The Morgan fingerprint density at radius 3 is 2.59 bits per heavy atom. The van der Waals surface area contributed by atoms with Crippen molar-refractivity contribution in [3.63, 3.8) is 0 Å². The Balaban J connectivity index is 2.85. The second-order valence-corrected chi connectivity index (χ2v) is 4.28. The second-order valence-electron chi connectivity index (χ2n) is 3.87. The first-order valence-corrected chi connectivity index (χ1v) is 5.41. The molecular weight excluding hydrogens is 240 g/mol. The molecule has 0 saturated heterocycles. The Morgan fingerprint density at radius 2 is 1.94 bits per heavy atom. The number of pyridine rings is 1. The van der Waals surface area contributed by atoms with Crippen molar-refractivity contribution >= 4 is 28.5 Å². The number of rotatable bonds is 0. The van der Waals surface area contributed by atoms with Crippen molar-refractivity contribution in [2.75, 3.05) is 14.1 Å². The molecule has 1 amide bonds. The SMILES string of the molecule is CN(C)C(=O)n1cc(Cl)c(=O)c2ccccc21. The number of nitrogens with zero attached hydrogens (tertiary/aromatic N) is 2. The summed E-state index contributed by atoms with van der Waals surface area (Å²) in [7, 11) is 3.28. The summed E-state index contributed by atoms with van der Waals surface area (Å²) in [4.78, 5) is 25.2. The van der Waals surface area contributed by atoms with E-state index in [9.17, 15) is 9.59 Å². The van der Waals surface area contributed by atoms with Crippen molar-refractivity contribution in [2.24, 2.45) is 0 Å². The number of hydrogen-bond donors (Lipinski definition) is 0. The van der Waals surface area contributed by atoms with Gasteiger partial charge in [0.25, 0.3) is 0 Å². The van der Waals surface area contributed by atoms with E-state index in [4.69, 9.17) is 11.6 Å². The molecule has 1 aromatic carbocycles. The summed E-state index contributed by atoms with van der Waals surface area (Å²) >= 11 is 5.84. The summed E-state index contributed by atoms with van der Waals surface area (Å²) in [5, 5.41) is 0.481. The Labute approximate surface area is 103 Å². The number of carbonyl (C=O) groups is 1. The van der Waals surface area contributed by atoms with Gasteiger partial charge in [-0.2, -0.15) is 0 Å². The first kappa shape index (κ1) is 11.7. The first-order valence-electron chi connectivity index (χ1n) is 5.04. The summed E-state index contributed by atoms with van der Waals surface area (Å²) in [5.41, 5.74) is 0.297. The molecule has 4 nitrogen and oxygen atoms in total. The van der Waals surface area contributed by atoms with Crippen LogP contribution in [0, 0.1) is 0 Å². The highest BCUT2D eigenvalue weighted by Crippen LogP contribution is 2.14. The lowest BCUT2D eigenvalue weighted by Gasteiger charge is -2.15. The van der Waals surface area contributed by atoms with Crippen molar-refractivity contribution < 1.29 is 4.79 Å². The van der Waals surface area contributed by atoms with E-state index in [0.29, 0.717) is 10.9 Å². The third kappa shape index (κ3) is 1.91. The van der Waals surface area contributed by atoms with Crippen LogP contribution < -0.4 is 5.43 Å². The minimum absolute atomic E-state index is 0.0406. The van der Waals surface area contributed by atoms with E-state index in [-0.39, 0.29) is 16.5 Å². The highest BCUT2D eigenvalue weighted by molar-refractivity contribution is 6.31. The smallest absolute Gasteiger partial charge is 0.328 e. The van der Waals surface area contributed by atoms with E-state index >= 15 is 0 Å². The number of benzene rings is 1. The van der Waals surface area contributed by atoms with E-state index < -0.39 is 0 Å². The molecule has 0 fully saturated rings. The van der Waals surface area contributed by atoms with Gasteiger partial charge >= 0.3 is 6.03 Å². The maximum atomic E-state index is 12.0. The third-order valence-electron chi connectivity index (χ3n) is 2.46. The zero-order valence-electron chi connectivity index (χ0n) is 9.48. The molecule has 17 heavy (non-hydrogen) atoms. The largest absolute Gasteiger partial charge is 0.330 e. The molecule has 0 atom stereocenters. The minimum Gasteiger partial charge on any atom is -0.330 e. The average Bonchev–Trinajstić information content (AvgIpc) is 2.33. The lowest BCUT2D eigenvalue weighted by molar-refractivity contribution is 0.220. The fourth-order valence-corrected chi connectivity index (χ4v) is 1.82. The number of amides is 1. The van der Waals surface area contributed by atoms with Gasteiger partial charge in [-0.05, 0) is 12.1 Å². The Hall–Kier alpha value is -1.81. The summed E-state index contributed by atoms with van der Waals surface area (Å²) in [6.07, 6.45) is 1.36. The van der Waals surface area contributed by atoms with Gasteiger partial charge < -0.3 is 4.90 Å². The van der Waals surface area contributed by atoms with Crippen LogP contribution in [0.2, 0.25) is 5.02 Å². The van der Waals surface area contributed by atoms with Crippen molar-refractivity contribution in [3.8, 4) is 0 Å². The van der Waals surface area contributed by atoms with E-state index in [1.54, 1.807) is 38.4 Å². The lowest BCUT2D eigenvalue weighted by atomic mass is 10.2. The molecule has 2 aromatic rings. The topological polar surface area (TPSA) is 42.3 Å². The maximum absolute atomic E-state index is 12.0. The molecule has 0 bridgehead atoms. The molecule has 0 radical (unpaired) electrons. The Bertz CT molecular complexity index is 646. The van der Waals surface area contributed by atoms with E-state index in [0.717, 1.165) is 0 Å². The van der Waals surface area contributed by atoms with Crippen molar-refractivity contribution in [3.05, 3.63) is 45.7 Å². The molecule has 0 aliphatic carbocycles. The van der Waals surface area contributed by atoms with Crippen molar-refractivity contribution in [1.29, 1.82) is 0 Å². The highest BCUT2D eigenvalue weighted by atomic mass is 35.5. The molecule has 1 aromatic heterocycles. The molecule has 0 aliphatic heterocycles. The Kier molecular flexibility index (Phi) is 2.90. The van der Waals surface area contributed by atoms with Crippen LogP contribution in [0.4, 0.5) is 4.79 Å². The number of fused-ring (bicyclic) bond motifs is 1. The van der Waals surface area contributed by atoms with Crippen LogP contribution in [0.15, 0.2) is 35.3 Å². The number of carbonyl (C=O) groups excluding carboxylic acids is 1. The van der Waals surface area contributed by atoms with Crippen molar-refractivity contribution in [2.45, 2.75) is 0 Å². The van der Waals surface area contributed by atoms with Gasteiger partial charge in [0, 0.05) is 25.7 Å². The van der Waals surface area contributed by atoms with Crippen molar-refractivity contribution in [1.82, 2.24) is 9.47 Å². The monoisotopic (exact) mass is 250 g/mol. The van der Waals surface area contributed by atoms with Gasteiger partial charge in [0.2, 0.25) is 5.43 Å². The summed E-state index contributed by atoms with van der Waals surface area (Å²) in [6, 6.07) is 6.64. The van der Waals surface area contributed by atoms with Crippen LogP contribution in [-0.4, -0.2) is 29.6 Å². The van der Waals surface area contributed by atoms with Crippen LogP contribution in [0.3, 0.4) is 0 Å². The van der Waals surface area contributed by atoms with Gasteiger partial charge in [-0.15, -0.1) is 0 Å². The van der Waals surface area contributed by atoms with E-state index in [1.807, 2.05) is 0 Å². The number of hydrogen-bond acceptors (Lipinski definition) is 2. The fourth-order valence-electron chi connectivity index (χ4n) is 1.62. The fraction of sp³-hybridized carbons (Fsp3) is 0.167. The van der Waals surface area contributed by atoms with Crippen LogP contribution in [0.25, 0.3) is 10.9 Å². The molecule has 0 aliphatic rings. The standard InChI is InChI=1S/C12H11ClN2O2/c1-14(2)12(17)15-7-9(13)11(16)8-5-3-4-6-10(8)15/h3-7H,1-2H3. The van der Waals surface area contributed by atoms with Gasteiger partial charge in [0.1, 0.15) is 5.02 Å². The first-order chi connectivity index (χ1) is 8.02. The third-order valence-corrected chi connectivity index (χ3v) is 2.73. The average molecular weight is 251 g/mol.